The standard InChI is InChI=1S/C13H17N3S.C2H2O4/c1-10-14-12(11-6-9-17-13(11)15-10)16-7-4-2-3-5-8-16;3-1(4)2(5)6/h6,9H,2-5,7-8H2,1H3;(H,3,4)(H,5,6). The lowest BCUT2D eigenvalue weighted by Gasteiger charge is -2.22. The second-order valence-corrected chi connectivity index (χ2v) is 6.14. The van der Waals surface area contributed by atoms with E-state index in [4.69, 9.17) is 19.8 Å². The molecule has 0 amide bonds. The second-order valence-electron chi connectivity index (χ2n) is 5.25. The summed E-state index contributed by atoms with van der Waals surface area (Å²) in [7, 11) is 0. The summed E-state index contributed by atoms with van der Waals surface area (Å²) < 4.78 is 0. The number of anilines is 1. The molecular formula is C15H19N3O4S. The van der Waals surface area contributed by atoms with Gasteiger partial charge in [-0.2, -0.15) is 0 Å². The van der Waals surface area contributed by atoms with Gasteiger partial charge < -0.3 is 15.1 Å². The fourth-order valence-corrected chi connectivity index (χ4v) is 3.27. The van der Waals surface area contributed by atoms with Gasteiger partial charge in [-0.05, 0) is 31.2 Å². The average molecular weight is 337 g/mol. The van der Waals surface area contributed by atoms with Crippen LogP contribution in [-0.4, -0.2) is 45.2 Å². The van der Waals surface area contributed by atoms with E-state index in [0.717, 1.165) is 29.6 Å². The number of aliphatic carboxylic acids is 2. The van der Waals surface area contributed by atoms with Crippen LogP contribution < -0.4 is 4.90 Å². The molecule has 0 saturated carbocycles. The van der Waals surface area contributed by atoms with E-state index in [1.807, 2.05) is 6.92 Å². The van der Waals surface area contributed by atoms with E-state index in [0.29, 0.717) is 0 Å². The van der Waals surface area contributed by atoms with Gasteiger partial charge in [0, 0.05) is 13.1 Å². The van der Waals surface area contributed by atoms with Gasteiger partial charge >= 0.3 is 11.9 Å². The number of aryl methyl sites for hydroxylation is 1. The van der Waals surface area contributed by atoms with Crippen molar-refractivity contribution < 1.29 is 19.8 Å². The molecule has 2 N–H and O–H groups in total. The van der Waals surface area contributed by atoms with Crippen LogP contribution in [0.1, 0.15) is 31.5 Å². The Kier molecular flexibility index (Phi) is 5.86. The van der Waals surface area contributed by atoms with Gasteiger partial charge in [-0.3, -0.25) is 0 Å². The molecule has 124 valence electrons. The third kappa shape index (κ3) is 4.62. The maximum absolute atomic E-state index is 9.10. The summed E-state index contributed by atoms with van der Waals surface area (Å²) in [6, 6.07) is 2.15. The number of nitrogens with zero attached hydrogens (tertiary/aromatic N) is 3. The van der Waals surface area contributed by atoms with Gasteiger partial charge in [0.05, 0.1) is 5.39 Å². The number of carboxylic acid groups (broad SMARTS) is 2. The molecule has 2 aromatic rings. The molecule has 1 aliphatic heterocycles. The van der Waals surface area contributed by atoms with Crippen LogP contribution in [0.5, 0.6) is 0 Å². The van der Waals surface area contributed by atoms with Crippen molar-refractivity contribution in [2.45, 2.75) is 32.6 Å². The highest BCUT2D eigenvalue weighted by molar-refractivity contribution is 7.16. The lowest BCUT2D eigenvalue weighted by molar-refractivity contribution is -0.159. The Hall–Kier alpha value is -2.22. The van der Waals surface area contributed by atoms with Crippen molar-refractivity contribution in [1.82, 2.24) is 9.97 Å². The van der Waals surface area contributed by atoms with Crippen molar-refractivity contribution in [1.29, 1.82) is 0 Å². The normalized spacial score (nSPS) is 14.7. The van der Waals surface area contributed by atoms with Gasteiger partial charge in [0.1, 0.15) is 16.5 Å². The van der Waals surface area contributed by atoms with Crippen molar-refractivity contribution in [3.8, 4) is 0 Å². The van der Waals surface area contributed by atoms with Crippen LogP contribution in [-0.2, 0) is 9.59 Å². The van der Waals surface area contributed by atoms with Gasteiger partial charge in [0.15, 0.2) is 0 Å². The van der Waals surface area contributed by atoms with E-state index < -0.39 is 11.9 Å². The van der Waals surface area contributed by atoms with Crippen LogP contribution in [0.25, 0.3) is 10.2 Å². The molecule has 0 aromatic carbocycles. The minimum Gasteiger partial charge on any atom is -0.473 e. The summed E-state index contributed by atoms with van der Waals surface area (Å²) in [5, 5.41) is 18.1. The van der Waals surface area contributed by atoms with E-state index >= 15 is 0 Å². The Bertz CT molecular complexity index is 681. The number of carboxylic acids is 2. The zero-order valence-corrected chi connectivity index (χ0v) is 13.7. The molecule has 1 aliphatic rings. The van der Waals surface area contributed by atoms with Gasteiger partial charge in [-0.1, -0.05) is 12.8 Å². The highest BCUT2D eigenvalue weighted by Gasteiger charge is 2.15. The molecule has 0 atom stereocenters. The summed E-state index contributed by atoms with van der Waals surface area (Å²) in [6.07, 6.45) is 5.28. The topological polar surface area (TPSA) is 104 Å². The molecule has 3 heterocycles. The quantitative estimate of drug-likeness (QED) is 0.771. The molecular weight excluding hydrogens is 318 g/mol. The Morgan fingerprint density at radius 1 is 1.09 bits per heavy atom. The van der Waals surface area contributed by atoms with Crippen LogP contribution in [0.4, 0.5) is 5.82 Å². The number of thiophene rings is 1. The summed E-state index contributed by atoms with van der Waals surface area (Å²) in [4.78, 5) is 30.9. The molecule has 7 nitrogen and oxygen atoms in total. The van der Waals surface area contributed by atoms with Gasteiger partial charge in [-0.25, -0.2) is 19.6 Å². The molecule has 1 fully saturated rings. The van der Waals surface area contributed by atoms with E-state index in [9.17, 15) is 0 Å². The van der Waals surface area contributed by atoms with Crippen molar-refractivity contribution in [2.75, 3.05) is 18.0 Å². The predicted molar refractivity (Wildman–Crippen MR) is 88.1 cm³/mol. The van der Waals surface area contributed by atoms with E-state index in [1.54, 1.807) is 11.3 Å². The zero-order chi connectivity index (χ0) is 16.8. The van der Waals surface area contributed by atoms with Crippen LogP contribution in [0.3, 0.4) is 0 Å². The number of fused-ring (bicyclic) bond motifs is 1. The first-order valence-electron chi connectivity index (χ1n) is 7.42. The number of aromatic nitrogens is 2. The van der Waals surface area contributed by atoms with Crippen LogP contribution in [0.2, 0.25) is 0 Å². The number of rotatable bonds is 1. The van der Waals surface area contributed by atoms with E-state index in [-0.39, 0.29) is 0 Å². The molecule has 8 heteroatoms. The first-order valence-corrected chi connectivity index (χ1v) is 8.30. The van der Waals surface area contributed by atoms with Crippen LogP contribution >= 0.6 is 11.3 Å². The van der Waals surface area contributed by atoms with E-state index in [2.05, 4.69) is 26.3 Å². The van der Waals surface area contributed by atoms with Gasteiger partial charge in [0.25, 0.3) is 0 Å². The molecule has 2 aromatic heterocycles. The van der Waals surface area contributed by atoms with Crippen molar-refractivity contribution in [2.24, 2.45) is 0 Å². The first kappa shape index (κ1) is 17.1. The lowest BCUT2D eigenvalue weighted by atomic mass is 10.2. The molecule has 3 rings (SSSR count). The summed E-state index contributed by atoms with van der Waals surface area (Å²) in [6.45, 7) is 4.27. The summed E-state index contributed by atoms with van der Waals surface area (Å²) >= 11 is 1.71. The van der Waals surface area contributed by atoms with Crippen molar-refractivity contribution in [3.63, 3.8) is 0 Å². The highest BCUT2D eigenvalue weighted by atomic mass is 32.1. The largest absolute Gasteiger partial charge is 0.473 e. The fraction of sp³-hybridized carbons (Fsp3) is 0.467. The smallest absolute Gasteiger partial charge is 0.414 e. The molecule has 0 aliphatic carbocycles. The number of carbonyl (C=O) groups is 2. The van der Waals surface area contributed by atoms with Gasteiger partial charge in [0.2, 0.25) is 0 Å². The molecule has 0 radical (unpaired) electrons. The monoisotopic (exact) mass is 337 g/mol. The first-order chi connectivity index (χ1) is 11.0. The fourth-order valence-electron chi connectivity index (χ4n) is 2.47. The summed E-state index contributed by atoms with van der Waals surface area (Å²) in [5.41, 5.74) is 0. The zero-order valence-electron chi connectivity index (χ0n) is 12.9. The Morgan fingerprint density at radius 3 is 2.26 bits per heavy atom. The minimum atomic E-state index is -1.82. The third-order valence-corrected chi connectivity index (χ3v) is 4.31. The van der Waals surface area contributed by atoms with Crippen LogP contribution in [0, 0.1) is 6.92 Å². The lowest BCUT2D eigenvalue weighted by Crippen LogP contribution is -2.25. The van der Waals surface area contributed by atoms with Crippen LogP contribution in [0.15, 0.2) is 11.4 Å². The Balaban J connectivity index is 0.000000277. The van der Waals surface area contributed by atoms with Crippen molar-refractivity contribution in [3.05, 3.63) is 17.3 Å². The SMILES string of the molecule is Cc1nc(N2CCCCCC2)c2ccsc2n1.O=C(O)C(=O)O. The molecule has 0 spiro atoms. The third-order valence-electron chi connectivity index (χ3n) is 3.51. The molecule has 0 bridgehead atoms. The van der Waals surface area contributed by atoms with Gasteiger partial charge in [-0.15, -0.1) is 11.3 Å². The summed E-state index contributed by atoms with van der Waals surface area (Å²) in [5.74, 6) is -1.61. The number of hydrogen-bond acceptors (Lipinski definition) is 6. The molecule has 1 saturated heterocycles. The van der Waals surface area contributed by atoms with E-state index in [1.165, 1.54) is 31.1 Å². The molecule has 0 unspecified atom stereocenters. The minimum absolute atomic E-state index is 0.888. The maximum Gasteiger partial charge on any atom is 0.414 e. The molecule has 23 heavy (non-hydrogen) atoms. The Morgan fingerprint density at radius 2 is 1.70 bits per heavy atom. The Labute approximate surface area is 137 Å². The second kappa shape index (κ2) is 7.87. The average Bonchev–Trinajstić information content (AvgIpc) is 2.80. The number of hydrogen-bond donors (Lipinski definition) is 2. The highest BCUT2D eigenvalue weighted by Crippen LogP contribution is 2.29. The maximum atomic E-state index is 9.10. The predicted octanol–water partition coefficient (Wildman–Crippen LogP) is 2.54. The van der Waals surface area contributed by atoms with Crippen molar-refractivity contribution >= 4 is 39.3 Å².